The molecule has 0 unspecified atom stereocenters. The minimum absolute atomic E-state index is 0. The lowest BCUT2D eigenvalue weighted by Gasteiger charge is -2.27. The Labute approximate surface area is 224 Å². The zero-order valence-electron chi connectivity index (χ0n) is 18.4. The van der Waals surface area contributed by atoms with Crippen LogP contribution in [0.4, 0.5) is 0 Å². The average molecular weight is 584 g/mol. The number of rotatable bonds is 8. The first-order chi connectivity index (χ1) is 16.3. The number of aliphatic hydroxyl groups is 1. The summed E-state index contributed by atoms with van der Waals surface area (Å²) >= 11 is 5.35. The third-order valence-electron chi connectivity index (χ3n) is 5.61. The normalized spacial score (nSPS) is 11.2. The summed E-state index contributed by atoms with van der Waals surface area (Å²) in [6.45, 7) is 0.110. The molecule has 0 atom stereocenters. The zero-order valence-corrected chi connectivity index (χ0v) is 23.3. The number of thiophene rings is 2. The van der Waals surface area contributed by atoms with Gasteiger partial charge in [0.25, 0.3) is 0 Å². The molecular formula is C28H24BrOPS3. The van der Waals surface area contributed by atoms with Crippen LogP contribution in [0.3, 0.4) is 0 Å². The lowest BCUT2D eigenvalue weighted by atomic mass is 10.4. The predicted molar refractivity (Wildman–Crippen MR) is 148 cm³/mol. The molecule has 172 valence electrons. The summed E-state index contributed by atoms with van der Waals surface area (Å²) in [6.07, 6.45) is 1.00. The van der Waals surface area contributed by atoms with E-state index in [1.807, 2.05) is 17.4 Å². The van der Waals surface area contributed by atoms with E-state index in [0.29, 0.717) is 0 Å². The highest BCUT2D eigenvalue weighted by Gasteiger charge is 2.45. The van der Waals surface area contributed by atoms with Crippen LogP contribution in [0, 0.1) is 0 Å². The van der Waals surface area contributed by atoms with Crippen molar-refractivity contribution >= 4 is 57.6 Å². The van der Waals surface area contributed by atoms with Crippen molar-refractivity contribution in [1.82, 2.24) is 0 Å². The lowest BCUT2D eigenvalue weighted by molar-refractivity contribution is -0.00000717. The molecule has 0 aliphatic rings. The Morgan fingerprint density at radius 3 is 1.38 bits per heavy atom. The Morgan fingerprint density at radius 2 is 0.971 bits per heavy atom. The van der Waals surface area contributed by atoms with Crippen molar-refractivity contribution in [3.8, 4) is 0 Å². The van der Waals surface area contributed by atoms with Gasteiger partial charge in [-0.05, 0) is 60.7 Å². The summed E-state index contributed by atoms with van der Waals surface area (Å²) in [5.41, 5.74) is 0. The van der Waals surface area contributed by atoms with Crippen molar-refractivity contribution in [3.05, 3.63) is 125 Å². The van der Waals surface area contributed by atoms with Crippen LogP contribution >= 0.6 is 41.7 Å². The molecule has 5 rings (SSSR count). The quantitative estimate of drug-likeness (QED) is 0.280. The first-order valence-electron chi connectivity index (χ1n) is 10.8. The van der Waals surface area contributed by atoms with E-state index < -0.39 is 7.26 Å². The molecule has 0 bridgehead atoms. The molecule has 1 nitrogen and oxygen atoms in total. The number of benzene rings is 3. The van der Waals surface area contributed by atoms with Gasteiger partial charge in [-0.15, -0.1) is 22.7 Å². The summed E-state index contributed by atoms with van der Waals surface area (Å²) < 4.78 is 2.52. The van der Waals surface area contributed by atoms with Gasteiger partial charge in [0.2, 0.25) is 0 Å². The first kappa shape index (κ1) is 25.4. The molecule has 0 aliphatic carbocycles. The molecule has 0 aliphatic heterocycles. The topological polar surface area (TPSA) is 20.2 Å². The number of hydrogen-bond acceptors (Lipinski definition) is 4. The van der Waals surface area contributed by atoms with Crippen LogP contribution in [0.25, 0.3) is 0 Å². The fourth-order valence-electron chi connectivity index (χ4n) is 4.10. The first-order valence-corrected chi connectivity index (χ1v) is 15.2. The van der Waals surface area contributed by atoms with Gasteiger partial charge < -0.3 is 22.1 Å². The van der Waals surface area contributed by atoms with Gasteiger partial charge >= 0.3 is 0 Å². The van der Waals surface area contributed by atoms with Crippen LogP contribution in [-0.2, 0) is 12.8 Å². The van der Waals surface area contributed by atoms with Gasteiger partial charge in [-0.25, -0.2) is 0 Å². The molecule has 0 saturated carbocycles. The molecule has 0 fully saturated rings. The number of aliphatic hydroxyl groups excluding tert-OH is 1. The van der Waals surface area contributed by atoms with Crippen LogP contribution in [0.2, 0.25) is 0 Å². The van der Waals surface area contributed by atoms with Crippen LogP contribution in [-0.4, -0.2) is 5.11 Å². The van der Waals surface area contributed by atoms with E-state index in [4.69, 9.17) is 0 Å². The highest BCUT2D eigenvalue weighted by molar-refractivity contribution is 8.03. The molecule has 34 heavy (non-hydrogen) atoms. The second-order valence-corrected chi connectivity index (χ2v) is 15.1. The highest BCUT2D eigenvalue weighted by Crippen LogP contribution is 2.59. The smallest absolute Gasteiger partial charge is 0.117 e. The van der Waals surface area contributed by atoms with Gasteiger partial charge in [0, 0.05) is 9.75 Å². The predicted octanol–water partition coefficient (Wildman–Crippen LogP) is 3.95. The fraction of sp³-hybridized carbons (Fsp3) is 0.0714. The van der Waals surface area contributed by atoms with Gasteiger partial charge in [-0.3, -0.25) is 0 Å². The molecule has 2 heterocycles. The Kier molecular flexibility index (Phi) is 8.81. The molecule has 0 radical (unpaired) electrons. The lowest BCUT2D eigenvalue weighted by Crippen LogP contribution is -3.00. The maximum absolute atomic E-state index is 9.38. The van der Waals surface area contributed by atoms with Crippen molar-refractivity contribution in [3.63, 3.8) is 0 Å². The van der Waals surface area contributed by atoms with Crippen LogP contribution in [0.5, 0.6) is 0 Å². The standard InChI is InChI=1S/C28H24OPS3.BrH/c29-20-25-16-18-27(31-25)33-28-19-17-26(32-28)21-30(22-10-4-1-5-11-22,23-12-6-2-7-13-23)24-14-8-3-9-15-24;/h1-19,29H,20-21H2;1H/q+1;/p-1. The second kappa shape index (κ2) is 11.8. The van der Waals surface area contributed by atoms with Gasteiger partial charge in [0.05, 0.1) is 15.0 Å². The van der Waals surface area contributed by atoms with E-state index in [0.717, 1.165) is 11.0 Å². The van der Waals surface area contributed by atoms with Crippen molar-refractivity contribution in [2.75, 3.05) is 0 Å². The van der Waals surface area contributed by atoms with E-state index in [-0.39, 0.29) is 23.6 Å². The van der Waals surface area contributed by atoms with E-state index in [1.165, 1.54) is 29.2 Å². The Hall–Kier alpha value is -1.72. The molecule has 0 amide bonds. The molecular weight excluding hydrogens is 559 g/mol. The van der Waals surface area contributed by atoms with Crippen molar-refractivity contribution in [1.29, 1.82) is 0 Å². The van der Waals surface area contributed by atoms with E-state index in [9.17, 15) is 5.11 Å². The maximum Gasteiger partial charge on any atom is 0.117 e. The molecule has 0 saturated heterocycles. The summed E-state index contributed by atoms with van der Waals surface area (Å²) in [5.74, 6) is 0. The SMILES string of the molecule is OCc1ccc(Sc2ccc(C[P+](c3ccccc3)(c3ccccc3)c3ccccc3)s2)s1.[Br-]. The minimum atomic E-state index is -1.87. The summed E-state index contributed by atoms with van der Waals surface area (Å²) in [4.78, 5) is 2.41. The molecule has 6 heteroatoms. The van der Waals surface area contributed by atoms with E-state index in [2.05, 4.69) is 109 Å². The van der Waals surface area contributed by atoms with Crippen molar-refractivity contribution < 1.29 is 22.1 Å². The fourth-order valence-corrected chi connectivity index (χ4v) is 12.3. The third kappa shape index (κ3) is 5.41. The summed E-state index contributed by atoms with van der Waals surface area (Å²) in [6, 6.07) is 41.8. The van der Waals surface area contributed by atoms with Crippen LogP contribution in [0.1, 0.15) is 9.75 Å². The summed E-state index contributed by atoms with van der Waals surface area (Å²) in [5, 5.41) is 13.6. The van der Waals surface area contributed by atoms with Crippen molar-refractivity contribution in [2.45, 2.75) is 21.2 Å². The van der Waals surface area contributed by atoms with Crippen LogP contribution in [0.15, 0.2) is 124 Å². The second-order valence-electron chi connectivity index (χ2n) is 7.68. The molecule has 3 aromatic carbocycles. The van der Waals surface area contributed by atoms with Gasteiger partial charge in [-0.2, -0.15) is 0 Å². The van der Waals surface area contributed by atoms with Crippen molar-refractivity contribution in [2.24, 2.45) is 0 Å². The van der Waals surface area contributed by atoms with Gasteiger partial charge in [0.15, 0.2) is 0 Å². The van der Waals surface area contributed by atoms with E-state index >= 15 is 0 Å². The zero-order chi connectivity index (χ0) is 22.5. The maximum atomic E-state index is 9.38. The third-order valence-corrected chi connectivity index (χ3v) is 13.6. The Bertz CT molecular complexity index is 1210. The van der Waals surface area contributed by atoms with Gasteiger partial charge in [-0.1, -0.05) is 66.4 Å². The summed E-state index contributed by atoms with van der Waals surface area (Å²) in [7, 11) is -1.87. The molecule has 1 N–H and O–H groups in total. The van der Waals surface area contributed by atoms with Gasteiger partial charge in [0.1, 0.15) is 29.3 Å². The minimum Gasteiger partial charge on any atom is -1.00 e. The largest absolute Gasteiger partial charge is 1.00 e. The number of hydrogen-bond donors (Lipinski definition) is 1. The van der Waals surface area contributed by atoms with Crippen LogP contribution < -0.4 is 32.9 Å². The molecule has 2 aromatic heterocycles. The molecule has 0 spiro atoms. The monoisotopic (exact) mass is 582 g/mol. The molecule has 5 aromatic rings. The Morgan fingerprint density at radius 1 is 0.559 bits per heavy atom. The van der Waals surface area contributed by atoms with E-state index in [1.54, 1.807) is 23.1 Å². The average Bonchev–Trinajstić information content (AvgIpc) is 3.53. The Balaban J connectivity index is 0.00000274. The highest BCUT2D eigenvalue weighted by atomic mass is 79.9. The number of halogens is 1.